The van der Waals surface area contributed by atoms with Gasteiger partial charge in [-0.2, -0.15) is 0 Å². The summed E-state index contributed by atoms with van der Waals surface area (Å²) in [5, 5.41) is 11.7. The third-order valence-corrected chi connectivity index (χ3v) is 6.02. The van der Waals surface area contributed by atoms with Crippen LogP contribution in [0.2, 0.25) is 0 Å². The molecule has 7 heteroatoms. The lowest BCUT2D eigenvalue weighted by atomic mass is 10.0. The monoisotopic (exact) mass is 383 g/mol. The topological polar surface area (TPSA) is 71.1 Å². The molecule has 0 spiro atoms. The average molecular weight is 384 g/mol. The van der Waals surface area contributed by atoms with E-state index >= 15 is 0 Å². The van der Waals surface area contributed by atoms with Gasteiger partial charge in [0.1, 0.15) is 4.83 Å². The summed E-state index contributed by atoms with van der Waals surface area (Å²) < 4.78 is 5.17. The van der Waals surface area contributed by atoms with Crippen molar-refractivity contribution in [1.82, 2.24) is 20.6 Å². The number of hydrogen-bond acceptors (Lipinski definition) is 7. The van der Waals surface area contributed by atoms with E-state index in [-0.39, 0.29) is 0 Å². The molecule has 0 bridgehead atoms. The van der Waals surface area contributed by atoms with Crippen molar-refractivity contribution < 1.29 is 4.74 Å². The van der Waals surface area contributed by atoms with Crippen LogP contribution in [0.25, 0.3) is 20.7 Å². The Hall–Kier alpha value is -2.22. The van der Waals surface area contributed by atoms with Crippen LogP contribution in [-0.4, -0.2) is 43.3 Å². The van der Waals surface area contributed by atoms with Gasteiger partial charge in [-0.3, -0.25) is 0 Å². The molecule has 0 saturated carbocycles. The molecule has 0 radical (unpaired) electrons. The number of anilines is 1. The van der Waals surface area contributed by atoms with Crippen molar-refractivity contribution in [3.05, 3.63) is 36.2 Å². The average Bonchev–Trinajstić information content (AvgIpc) is 3.15. The van der Waals surface area contributed by atoms with Crippen LogP contribution in [-0.2, 0) is 6.54 Å². The maximum Gasteiger partial charge on any atom is 0.212 e. The second kappa shape index (κ2) is 8.21. The summed E-state index contributed by atoms with van der Waals surface area (Å²) in [6.07, 6.45) is 6.14. The van der Waals surface area contributed by atoms with Gasteiger partial charge in [-0.1, -0.05) is 0 Å². The SMILES string of the molecule is CNCc1cnc2sc(-c3ccc(OC)nc3)cc2c1NC1CCNCC1. The number of nitrogens with one attached hydrogen (secondary N) is 3. The van der Waals surface area contributed by atoms with Crippen LogP contribution in [0.3, 0.4) is 0 Å². The van der Waals surface area contributed by atoms with E-state index in [1.54, 1.807) is 18.4 Å². The van der Waals surface area contributed by atoms with Gasteiger partial charge in [-0.05, 0) is 45.1 Å². The van der Waals surface area contributed by atoms with Crippen LogP contribution >= 0.6 is 11.3 Å². The van der Waals surface area contributed by atoms with Crippen LogP contribution in [0, 0.1) is 0 Å². The van der Waals surface area contributed by atoms with Gasteiger partial charge in [-0.15, -0.1) is 11.3 Å². The molecular formula is C20H25N5OS. The highest BCUT2D eigenvalue weighted by Crippen LogP contribution is 2.38. The molecule has 3 aromatic heterocycles. The molecule has 3 N–H and O–H groups in total. The highest BCUT2D eigenvalue weighted by atomic mass is 32.1. The predicted molar refractivity (Wildman–Crippen MR) is 112 cm³/mol. The third-order valence-electron chi connectivity index (χ3n) is 4.93. The van der Waals surface area contributed by atoms with Crippen LogP contribution in [0.1, 0.15) is 18.4 Å². The molecule has 4 heterocycles. The fourth-order valence-corrected chi connectivity index (χ4v) is 4.48. The quantitative estimate of drug-likeness (QED) is 0.607. The standard InChI is InChI=1S/C20H25N5OS/c1-21-10-14-12-24-20-16(19(14)25-15-5-7-22-8-6-15)9-17(27-20)13-3-4-18(26-2)23-11-13/h3-4,9,11-12,15,21-22H,5-8,10H2,1-2H3,(H,24,25). The van der Waals surface area contributed by atoms with Crippen LogP contribution < -0.4 is 20.7 Å². The highest BCUT2D eigenvalue weighted by molar-refractivity contribution is 7.21. The lowest BCUT2D eigenvalue weighted by Crippen LogP contribution is -2.35. The van der Waals surface area contributed by atoms with E-state index in [1.807, 2.05) is 31.6 Å². The smallest absolute Gasteiger partial charge is 0.212 e. The van der Waals surface area contributed by atoms with Gasteiger partial charge in [0.25, 0.3) is 0 Å². The largest absolute Gasteiger partial charge is 0.481 e. The van der Waals surface area contributed by atoms with Crippen LogP contribution in [0.5, 0.6) is 5.88 Å². The number of hydrogen-bond donors (Lipinski definition) is 3. The summed E-state index contributed by atoms with van der Waals surface area (Å²) >= 11 is 1.70. The Labute approximate surface area is 163 Å². The second-order valence-corrected chi connectivity index (χ2v) is 7.81. The molecule has 6 nitrogen and oxygen atoms in total. The molecule has 0 atom stereocenters. The predicted octanol–water partition coefficient (Wildman–Crippen LogP) is 3.25. The highest BCUT2D eigenvalue weighted by Gasteiger charge is 2.18. The van der Waals surface area contributed by atoms with Crippen molar-refractivity contribution in [2.75, 3.05) is 32.6 Å². The maximum atomic E-state index is 5.17. The Morgan fingerprint density at radius 2 is 2.07 bits per heavy atom. The van der Waals surface area contributed by atoms with E-state index in [4.69, 9.17) is 9.72 Å². The van der Waals surface area contributed by atoms with Crippen molar-refractivity contribution >= 4 is 27.2 Å². The molecule has 1 aliphatic rings. The minimum absolute atomic E-state index is 0.499. The van der Waals surface area contributed by atoms with Crippen molar-refractivity contribution in [2.45, 2.75) is 25.4 Å². The summed E-state index contributed by atoms with van der Waals surface area (Å²) in [5.41, 5.74) is 3.51. The summed E-state index contributed by atoms with van der Waals surface area (Å²) in [7, 11) is 3.61. The van der Waals surface area contributed by atoms with Gasteiger partial charge in [0.15, 0.2) is 0 Å². The molecule has 0 amide bonds. The molecule has 4 rings (SSSR count). The summed E-state index contributed by atoms with van der Waals surface area (Å²) in [6, 6.07) is 6.68. The first kappa shape index (κ1) is 18.2. The Balaban J connectivity index is 1.73. The fourth-order valence-electron chi connectivity index (χ4n) is 3.48. The second-order valence-electron chi connectivity index (χ2n) is 6.78. The fraction of sp³-hybridized carbons (Fsp3) is 0.400. The van der Waals surface area contributed by atoms with Crippen molar-refractivity contribution in [2.24, 2.45) is 0 Å². The summed E-state index contributed by atoms with van der Waals surface area (Å²) in [4.78, 5) is 11.3. The Kier molecular flexibility index (Phi) is 5.52. The normalized spacial score (nSPS) is 15.2. The number of piperidine rings is 1. The van der Waals surface area contributed by atoms with E-state index < -0.39 is 0 Å². The van der Waals surface area contributed by atoms with Gasteiger partial charge in [-0.25, -0.2) is 9.97 Å². The zero-order valence-corrected chi connectivity index (χ0v) is 16.5. The van der Waals surface area contributed by atoms with Crippen LogP contribution in [0.4, 0.5) is 5.69 Å². The maximum absolute atomic E-state index is 5.17. The molecule has 3 aromatic rings. The number of thiophene rings is 1. The first-order chi connectivity index (χ1) is 13.3. The van der Waals surface area contributed by atoms with Crippen LogP contribution in [0.15, 0.2) is 30.6 Å². The van der Waals surface area contributed by atoms with E-state index in [1.165, 1.54) is 21.5 Å². The van der Waals surface area contributed by atoms with Gasteiger partial charge >= 0.3 is 0 Å². The molecule has 1 fully saturated rings. The lowest BCUT2D eigenvalue weighted by molar-refractivity contribution is 0.398. The number of rotatable bonds is 6. The van der Waals surface area contributed by atoms with E-state index in [2.05, 4.69) is 27.0 Å². The number of nitrogens with zero attached hydrogens (tertiary/aromatic N) is 2. The lowest BCUT2D eigenvalue weighted by Gasteiger charge is -2.26. The van der Waals surface area contributed by atoms with Gasteiger partial charge in [0.05, 0.1) is 12.8 Å². The number of fused-ring (bicyclic) bond motifs is 1. The number of ether oxygens (including phenoxy) is 1. The van der Waals surface area contributed by atoms with E-state index in [9.17, 15) is 0 Å². The van der Waals surface area contributed by atoms with E-state index in [0.29, 0.717) is 11.9 Å². The van der Waals surface area contributed by atoms with Crippen molar-refractivity contribution in [1.29, 1.82) is 0 Å². The Morgan fingerprint density at radius 3 is 2.78 bits per heavy atom. The number of methoxy groups -OCH3 is 1. The van der Waals surface area contributed by atoms with Gasteiger partial charge in [0.2, 0.25) is 5.88 Å². The Bertz CT molecular complexity index is 903. The molecule has 1 saturated heterocycles. The minimum atomic E-state index is 0.499. The molecule has 0 aromatic carbocycles. The molecule has 0 unspecified atom stereocenters. The van der Waals surface area contributed by atoms with Crippen molar-refractivity contribution in [3.63, 3.8) is 0 Å². The molecular weight excluding hydrogens is 358 g/mol. The number of aromatic nitrogens is 2. The summed E-state index contributed by atoms with van der Waals surface area (Å²) in [5.74, 6) is 0.627. The molecule has 142 valence electrons. The summed E-state index contributed by atoms with van der Waals surface area (Å²) in [6.45, 7) is 2.94. The zero-order valence-electron chi connectivity index (χ0n) is 15.7. The molecule has 27 heavy (non-hydrogen) atoms. The third kappa shape index (κ3) is 3.90. The number of pyridine rings is 2. The van der Waals surface area contributed by atoms with Gasteiger partial charge in [0, 0.05) is 52.4 Å². The molecule has 0 aliphatic carbocycles. The first-order valence-corrected chi connectivity index (χ1v) is 10.1. The minimum Gasteiger partial charge on any atom is -0.481 e. The first-order valence-electron chi connectivity index (χ1n) is 9.32. The molecule has 1 aliphatic heterocycles. The Morgan fingerprint density at radius 1 is 1.22 bits per heavy atom. The van der Waals surface area contributed by atoms with E-state index in [0.717, 1.165) is 42.9 Å². The van der Waals surface area contributed by atoms with Gasteiger partial charge < -0.3 is 20.7 Å². The van der Waals surface area contributed by atoms with Crippen molar-refractivity contribution in [3.8, 4) is 16.3 Å². The zero-order chi connectivity index (χ0) is 18.6.